The fraction of sp³-hybridized carbons (Fsp3) is 0.333. The van der Waals surface area contributed by atoms with Gasteiger partial charge < -0.3 is 20.3 Å². The Bertz CT molecular complexity index is 1110. The molecule has 6 nitrogen and oxygen atoms in total. The van der Waals surface area contributed by atoms with Crippen LogP contribution in [0.2, 0.25) is 10.0 Å². The number of halogens is 2. The van der Waals surface area contributed by atoms with Crippen molar-refractivity contribution < 1.29 is 9.90 Å². The first-order valence-corrected chi connectivity index (χ1v) is 10.3. The summed E-state index contributed by atoms with van der Waals surface area (Å²) in [4.78, 5) is 18.4. The van der Waals surface area contributed by atoms with Gasteiger partial charge >= 0.3 is 0 Å². The Labute approximate surface area is 178 Å². The second kappa shape index (κ2) is 7.86. The number of amides is 1. The normalized spacial score (nSPS) is 14.3. The van der Waals surface area contributed by atoms with Crippen molar-refractivity contribution in [2.75, 3.05) is 13.1 Å². The van der Waals surface area contributed by atoms with Crippen molar-refractivity contribution in [2.24, 2.45) is 5.73 Å². The van der Waals surface area contributed by atoms with Gasteiger partial charge in [-0.15, -0.1) is 0 Å². The van der Waals surface area contributed by atoms with E-state index in [-0.39, 0.29) is 18.3 Å². The molecule has 0 radical (unpaired) electrons. The number of carbonyl (C=O) groups excluding carboxylic acids is 1. The number of aromatic hydroxyl groups is 1. The standard InChI is InChI=1S/C21H22Cl2N4O2/c1-12-15(10-24)19(14-5-4-13(22)9-16(14)23)20-17(25-12)11-27(21(20)29)8-7-26-6-2-3-18(26)28/h4-5,9,11,29H,2-3,6-8,10,24H2,1H3. The number of hydrogen-bond acceptors (Lipinski definition) is 4. The van der Waals surface area contributed by atoms with E-state index < -0.39 is 0 Å². The third-order valence-corrected chi connectivity index (χ3v) is 6.04. The third kappa shape index (κ3) is 3.56. The smallest absolute Gasteiger partial charge is 0.222 e. The first-order valence-electron chi connectivity index (χ1n) is 9.55. The number of likely N-dealkylation sites (tertiary alicyclic amines) is 1. The average Bonchev–Trinajstić information content (AvgIpc) is 3.22. The van der Waals surface area contributed by atoms with Crippen molar-refractivity contribution in [3.05, 3.63) is 45.7 Å². The highest BCUT2D eigenvalue weighted by molar-refractivity contribution is 6.36. The summed E-state index contributed by atoms with van der Waals surface area (Å²) in [5.74, 6) is 0.254. The summed E-state index contributed by atoms with van der Waals surface area (Å²) in [7, 11) is 0. The molecule has 1 aromatic carbocycles. The van der Waals surface area contributed by atoms with Crippen LogP contribution < -0.4 is 5.73 Å². The van der Waals surface area contributed by atoms with Gasteiger partial charge in [-0.1, -0.05) is 29.3 Å². The van der Waals surface area contributed by atoms with Crippen LogP contribution in [0.5, 0.6) is 5.88 Å². The molecule has 0 aliphatic carbocycles. The minimum Gasteiger partial charge on any atom is -0.494 e. The van der Waals surface area contributed by atoms with E-state index in [9.17, 15) is 9.90 Å². The number of benzene rings is 1. The van der Waals surface area contributed by atoms with Gasteiger partial charge in [-0.2, -0.15) is 0 Å². The summed E-state index contributed by atoms with van der Waals surface area (Å²) in [5, 5.41) is 12.7. The van der Waals surface area contributed by atoms with Crippen molar-refractivity contribution in [3.8, 4) is 17.0 Å². The van der Waals surface area contributed by atoms with Crippen LogP contribution in [0.15, 0.2) is 24.4 Å². The molecule has 3 N–H and O–H groups in total. The maximum atomic E-state index is 11.9. The average molecular weight is 433 g/mol. The summed E-state index contributed by atoms with van der Waals surface area (Å²) < 4.78 is 1.73. The van der Waals surface area contributed by atoms with E-state index >= 15 is 0 Å². The Balaban J connectivity index is 1.85. The van der Waals surface area contributed by atoms with Crippen molar-refractivity contribution in [1.29, 1.82) is 0 Å². The predicted molar refractivity (Wildman–Crippen MR) is 115 cm³/mol. The Morgan fingerprint density at radius 1 is 1.28 bits per heavy atom. The highest BCUT2D eigenvalue weighted by Gasteiger charge is 2.23. The number of aryl methyl sites for hydroxylation is 1. The fourth-order valence-electron chi connectivity index (χ4n) is 4.01. The zero-order valence-corrected chi connectivity index (χ0v) is 17.6. The first-order chi connectivity index (χ1) is 13.9. The maximum absolute atomic E-state index is 11.9. The SMILES string of the molecule is Cc1nc2cn(CCN3CCCC3=O)c(O)c2c(-c2ccc(Cl)cc2Cl)c1CN. The molecule has 29 heavy (non-hydrogen) atoms. The number of nitrogens with two attached hydrogens (primary N) is 1. The molecule has 1 aliphatic heterocycles. The predicted octanol–water partition coefficient (Wildman–Crippen LogP) is 4.11. The number of aromatic nitrogens is 2. The number of nitrogens with zero attached hydrogens (tertiary/aromatic N) is 3. The van der Waals surface area contributed by atoms with Crippen LogP contribution in [0.25, 0.3) is 22.0 Å². The number of hydrogen-bond donors (Lipinski definition) is 2. The van der Waals surface area contributed by atoms with Crippen LogP contribution in [0, 0.1) is 6.92 Å². The largest absolute Gasteiger partial charge is 0.494 e. The summed E-state index contributed by atoms with van der Waals surface area (Å²) in [6.07, 6.45) is 3.30. The van der Waals surface area contributed by atoms with Gasteiger partial charge in [0.25, 0.3) is 0 Å². The van der Waals surface area contributed by atoms with Crippen molar-refractivity contribution >= 4 is 40.0 Å². The van der Waals surface area contributed by atoms with Gasteiger partial charge in [-0.25, -0.2) is 0 Å². The van der Waals surface area contributed by atoms with Crippen molar-refractivity contribution in [3.63, 3.8) is 0 Å². The highest BCUT2D eigenvalue weighted by Crippen LogP contribution is 2.42. The summed E-state index contributed by atoms with van der Waals surface area (Å²) in [6, 6.07) is 5.27. The van der Waals surface area contributed by atoms with Crippen LogP contribution in [-0.4, -0.2) is 38.6 Å². The number of pyridine rings is 1. The van der Waals surface area contributed by atoms with Crippen molar-refractivity contribution in [2.45, 2.75) is 32.9 Å². The fourth-order valence-corrected chi connectivity index (χ4v) is 4.52. The summed E-state index contributed by atoms with van der Waals surface area (Å²) >= 11 is 12.6. The summed E-state index contributed by atoms with van der Waals surface area (Å²) in [6.45, 7) is 3.95. The molecule has 0 bridgehead atoms. The van der Waals surface area contributed by atoms with Gasteiger partial charge in [0.15, 0.2) is 0 Å². The van der Waals surface area contributed by atoms with Crippen LogP contribution in [0.3, 0.4) is 0 Å². The van der Waals surface area contributed by atoms with Crippen LogP contribution in [0.4, 0.5) is 0 Å². The summed E-state index contributed by atoms with van der Waals surface area (Å²) in [5.41, 5.74) is 9.81. The van der Waals surface area contributed by atoms with E-state index in [4.69, 9.17) is 28.9 Å². The molecule has 1 fully saturated rings. The molecule has 0 unspecified atom stereocenters. The van der Waals surface area contributed by atoms with Crippen LogP contribution in [0.1, 0.15) is 24.1 Å². The van der Waals surface area contributed by atoms with E-state index in [0.717, 1.165) is 35.3 Å². The van der Waals surface area contributed by atoms with E-state index in [2.05, 4.69) is 4.98 Å². The van der Waals surface area contributed by atoms with Crippen molar-refractivity contribution in [1.82, 2.24) is 14.5 Å². The number of fused-ring (bicyclic) bond motifs is 1. The molecule has 3 heterocycles. The van der Waals surface area contributed by atoms with Gasteiger partial charge in [0.2, 0.25) is 11.8 Å². The molecule has 1 amide bonds. The molecule has 8 heteroatoms. The molecule has 1 saturated heterocycles. The Morgan fingerprint density at radius 2 is 2.07 bits per heavy atom. The third-order valence-electron chi connectivity index (χ3n) is 5.49. The molecular weight excluding hydrogens is 411 g/mol. The van der Waals surface area contributed by atoms with E-state index in [0.29, 0.717) is 40.5 Å². The second-order valence-electron chi connectivity index (χ2n) is 7.27. The van der Waals surface area contributed by atoms with E-state index in [1.807, 2.05) is 24.1 Å². The van der Waals surface area contributed by atoms with Crippen LogP contribution >= 0.6 is 23.2 Å². The maximum Gasteiger partial charge on any atom is 0.222 e. The Kier molecular flexibility index (Phi) is 5.42. The molecule has 2 aromatic heterocycles. The van der Waals surface area contributed by atoms with Crippen LogP contribution in [-0.2, 0) is 17.9 Å². The molecule has 0 saturated carbocycles. The molecule has 152 valence electrons. The second-order valence-corrected chi connectivity index (χ2v) is 8.11. The topological polar surface area (TPSA) is 84.4 Å². The van der Waals surface area contributed by atoms with E-state index in [1.165, 1.54) is 0 Å². The lowest BCUT2D eigenvalue weighted by molar-refractivity contribution is -0.127. The minimum atomic E-state index is 0.0925. The van der Waals surface area contributed by atoms with Gasteiger partial charge in [0, 0.05) is 65.7 Å². The quantitative estimate of drug-likeness (QED) is 0.635. The molecule has 3 aromatic rings. The lowest BCUT2D eigenvalue weighted by Gasteiger charge is -2.16. The zero-order chi connectivity index (χ0) is 20.7. The first kappa shape index (κ1) is 20.0. The zero-order valence-electron chi connectivity index (χ0n) is 16.1. The molecule has 4 rings (SSSR count). The molecule has 0 atom stereocenters. The molecule has 1 aliphatic rings. The van der Waals surface area contributed by atoms with Gasteiger partial charge in [0.1, 0.15) is 0 Å². The lowest BCUT2D eigenvalue weighted by atomic mass is 9.95. The molecular formula is C21H22Cl2N4O2. The Morgan fingerprint density at radius 3 is 2.72 bits per heavy atom. The molecule has 0 spiro atoms. The van der Waals surface area contributed by atoms with Gasteiger partial charge in [0.05, 0.1) is 10.9 Å². The Hall–Kier alpha value is -2.28. The van der Waals surface area contributed by atoms with E-state index in [1.54, 1.807) is 16.7 Å². The van der Waals surface area contributed by atoms with Gasteiger partial charge in [-0.3, -0.25) is 9.78 Å². The minimum absolute atomic E-state index is 0.0925. The lowest BCUT2D eigenvalue weighted by Crippen LogP contribution is -2.28. The highest BCUT2D eigenvalue weighted by atomic mass is 35.5. The van der Waals surface area contributed by atoms with Gasteiger partial charge in [-0.05, 0) is 31.0 Å². The number of rotatable bonds is 5. The monoisotopic (exact) mass is 432 g/mol. The number of carbonyl (C=O) groups is 1.